The van der Waals surface area contributed by atoms with Crippen LogP contribution in [-0.2, 0) is 9.59 Å². The Hall–Kier alpha value is -1.10. The molecule has 0 aliphatic carbocycles. The van der Waals surface area contributed by atoms with Crippen molar-refractivity contribution in [3.05, 3.63) is 0 Å². The van der Waals surface area contributed by atoms with Crippen molar-refractivity contribution in [3.63, 3.8) is 0 Å². The second-order valence-electron chi connectivity index (χ2n) is 4.92. The molecule has 2 amide bonds. The van der Waals surface area contributed by atoms with E-state index in [0.29, 0.717) is 0 Å². The molecule has 1 saturated heterocycles. The molecule has 1 aliphatic heterocycles. The molecule has 1 atom stereocenters. The molecule has 0 saturated carbocycles. The lowest BCUT2D eigenvalue weighted by atomic mass is 10.1. The number of nitrogens with zero attached hydrogens (tertiary/aromatic N) is 1. The van der Waals surface area contributed by atoms with Crippen LogP contribution in [0.25, 0.3) is 0 Å². The molecule has 1 heterocycles. The molecule has 0 aromatic rings. The number of nitrogens with one attached hydrogen (secondary N) is 2. The Balaban J connectivity index is 2.12. The van der Waals surface area contributed by atoms with E-state index in [4.69, 9.17) is 0 Å². The number of rotatable bonds is 6. The largest absolute Gasteiger partial charge is 0.353 e. The third-order valence-corrected chi connectivity index (χ3v) is 3.29. The summed E-state index contributed by atoms with van der Waals surface area (Å²) in [5.74, 6) is 0.0573. The number of amides is 2. The maximum absolute atomic E-state index is 11.8. The molecular weight excluding hydrogens is 230 g/mol. The van der Waals surface area contributed by atoms with Crippen LogP contribution in [0.5, 0.6) is 0 Å². The normalized spacial score (nSPS) is 17.3. The van der Waals surface area contributed by atoms with Gasteiger partial charge in [0, 0.05) is 19.1 Å². The van der Waals surface area contributed by atoms with Gasteiger partial charge in [0.25, 0.3) is 0 Å². The summed E-state index contributed by atoms with van der Waals surface area (Å²) in [6, 6.07) is 0.192. The zero-order valence-electron chi connectivity index (χ0n) is 11.5. The number of carbonyl (C=O) groups is 2. The van der Waals surface area contributed by atoms with Gasteiger partial charge in [-0.15, -0.1) is 0 Å². The standard InChI is InChI=1S/C13H25N3O2/c1-3-11(2)15-12(17)9-14-10-13(18)16-7-5-4-6-8-16/h11,14H,3-10H2,1-2H3,(H,15,17). The molecule has 5 heteroatoms. The van der Waals surface area contributed by atoms with Crippen molar-refractivity contribution in [2.24, 2.45) is 0 Å². The molecule has 1 rings (SSSR count). The van der Waals surface area contributed by atoms with Crippen LogP contribution in [-0.4, -0.2) is 48.9 Å². The smallest absolute Gasteiger partial charge is 0.236 e. The van der Waals surface area contributed by atoms with E-state index in [2.05, 4.69) is 10.6 Å². The fraction of sp³-hybridized carbons (Fsp3) is 0.846. The summed E-state index contributed by atoms with van der Waals surface area (Å²) >= 11 is 0. The third kappa shape index (κ3) is 5.49. The Morgan fingerprint density at radius 3 is 2.44 bits per heavy atom. The van der Waals surface area contributed by atoms with Gasteiger partial charge < -0.3 is 10.2 Å². The minimum Gasteiger partial charge on any atom is -0.353 e. The van der Waals surface area contributed by atoms with E-state index in [9.17, 15) is 9.59 Å². The topological polar surface area (TPSA) is 61.4 Å². The van der Waals surface area contributed by atoms with Crippen LogP contribution in [0.3, 0.4) is 0 Å². The second-order valence-corrected chi connectivity index (χ2v) is 4.92. The monoisotopic (exact) mass is 255 g/mol. The van der Waals surface area contributed by atoms with Gasteiger partial charge in [-0.25, -0.2) is 0 Å². The van der Waals surface area contributed by atoms with Gasteiger partial charge in [-0.05, 0) is 32.6 Å². The first-order chi connectivity index (χ1) is 8.63. The van der Waals surface area contributed by atoms with Crippen molar-refractivity contribution < 1.29 is 9.59 Å². The van der Waals surface area contributed by atoms with Gasteiger partial charge in [0.15, 0.2) is 0 Å². The summed E-state index contributed by atoms with van der Waals surface area (Å²) in [6.07, 6.45) is 4.33. The fourth-order valence-electron chi connectivity index (χ4n) is 1.97. The van der Waals surface area contributed by atoms with Gasteiger partial charge in [0.2, 0.25) is 11.8 Å². The highest BCUT2D eigenvalue weighted by atomic mass is 16.2. The summed E-state index contributed by atoms with van der Waals surface area (Å²) in [4.78, 5) is 25.1. The van der Waals surface area contributed by atoms with Crippen LogP contribution in [0.15, 0.2) is 0 Å². The van der Waals surface area contributed by atoms with E-state index < -0.39 is 0 Å². The third-order valence-electron chi connectivity index (χ3n) is 3.29. The summed E-state index contributed by atoms with van der Waals surface area (Å²) in [6.45, 7) is 6.19. The summed E-state index contributed by atoms with van der Waals surface area (Å²) in [5.41, 5.74) is 0. The van der Waals surface area contributed by atoms with Crippen molar-refractivity contribution in [1.82, 2.24) is 15.5 Å². The predicted octanol–water partition coefficient (Wildman–Crippen LogP) is 0.503. The maximum atomic E-state index is 11.8. The molecule has 0 radical (unpaired) electrons. The number of hydrogen-bond donors (Lipinski definition) is 2. The first-order valence-corrected chi connectivity index (χ1v) is 6.91. The Kier molecular flexibility index (Phi) is 6.72. The van der Waals surface area contributed by atoms with Crippen molar-refractivity contribution in [1.29, 1.82) is 0 Å². The van der Waals surface area contributed by atoms with E-state index >= 15 is 0 Å². The fourth-order valence-corrected chi connectivity index (χ4v) is 1.97. The molecular formula is C13H25N3O2. The molecule has 2 N–H and O–H groups in total. The average Bonchev–Trinajstić information content (AvgIpc) is 2.39. The number of carbonyl (C=O) groups excluding carboxylic acids is 2. The molecule has 1 unspecified atom stereocenters. The van der Waals surface area contributed by atoms with E-state index in [1.165, 1.54) is 6.42 Å². The molecule has 1 aliphatic rings. The highest BCUT2D eigenvalue weighted by molar-refractivity contribution is 5.81. The van der Waals surface area contributed by atoms with Crippen molar-refractivity contribution >= 4 is 11.8 Å². The van der Waals surface area contributed by atoms with E-state index in [-0.39, 0.29) is 30.9 Å². The molecule has 0 aromatic carbocycles. The summed E-state index contributed by atoms with van der Waals surface area (Å²) < 4.78 is 0. The lowest BCUT2D eigenvalue weighted by Crippen LogP contribution is -2.44. The highest BCUT2D eigenvalue weighted by Crippen LogP contribution is 2.07. The Labute approximate surface area is 109 Å². The Morgan fingerprint density at radius 2 is 1.83 bits per heavy atom. The second kappa shape index (κ2) is 8.08. The van der Waals surface area contributed by atoms with Gasteiger partial charge in [-0.3, -0.25) is 14.9 Å². The first-order valence-electron chi connectivity index (χ1n) is 6.91. The number of piperidine rings is 1. The molecule has 0 bridgehead atoms. The summed E-state index contributed by atoms with van der Waals surface area (Å²) in [5, 5.41) is 5.76. The van der Waals surface area contributed by atoms with Crippen molar-refractivity contribution in [2.75, 3.05) is 26.2 Å². The van der Waals surface area contributed by atoms with Crippen molar-refractivity contribution in [2.45, 2.75) is 45.6 Å². The van der Waals surface area contributed by atoms with Gasteiger partial charge >= 0.3 is 0 Å². The van der Waals surface area contributed by atoms with E-state index in [1.54, 1.807) is 0 Å². The lowest BCUT2D eigenvalue weighted by Gasteiger charge is -2.26. The van der Waals surface area contributed by atoms with E-state index in [0.717, 1.165) is 32.4 Å². The summed E-state index contributed by atoms with van der Waals surface area (Å²) in [7, 11) is 0. The van der Waals surface area contributed by atoms with Gasteiger partial charge in [-0.1, -0.05) is 6.92 Å². The minimum absolute atomic E-state index is 0.0456. The Bertz CT molecular complexity index is 275. The van der Waals surface area contributed by atoms with E-state index in [1.807, 2.05) is 18.7 Å². The number of hydrogen-bond acceptors (Lipinski definition) is 3. The SMILES string of the molecule is CCC(C)NC(=O)CNCC(=O)N1CCCCC1. The number of likely N-dealkylation sites (tertiary alicyclic amines) is 1. The zero-order valence-corrected chi connectivity index (χ0v) is 11.5. The van der Waals surface area contributed by atoms with Crippen molar-refractivity contribution in [3.8, 4) is 0 Å². The van der Waals surface area contributed by atoms with Crippen LogP contribution < -0.4 is 10.6 Å². The molecule has 0 spiro atoms. The molecule has 1 fully saturated rings. The minimum atomic E-state index is -0.0456. The predicted molar refractivity (Wildman–Crippen MR) is 71.2 cm³/mol. The highest BCUT2D eigenvalue weighted by Gasteiger charge is 2.16. The molecule has 18 heavy (non-hydrogen) atoms. The molecule has 0 aromatic heterocycles. The molecule has 5 nitrogen and oxygen atoms in total. The van der Waals surface area contributed by atoms with Crippen LogP contribution in [0, 0.1) is 0 Å². The first kappa shape index (κ1) is 15.0. The molecule has 104 valence electrons. The average molecular weight is 255 g/mol. The van der Waals surface area contributed by atoms with Gasteiger partial charge in [0.1, 0.15) is 0 Å². The quantitative estimate of drug-likeness (QED) is 0.726. The zero-order chi connectivity index (χ0) is 13.4. The van der Waals surface area contributed by atoms with Crippen LogP contribution >= 0.6 is 0 Å². The van der Waals surface area contributed by atoms with Gasteiger partial charge in [0.05, 0.1) is 13.1 Å². The van der Waals surface area contributed by atoms with Crippen LogP contribution in [0.2, 0.25) is 0 Å². The van der Waals surface area contributed by atoms with Crippen LogP contribution in [0.1, 0.15) is 39.5 Å². The van der Waals surface area contributed by atoms with Crippen LogP contribution in [0.4, 0.5) is 0 Å². The Morgan fingerprint density at radius 1 is 1.17 bits per heavy atom. The van der Waals surface area contributed by atoms with Gasteiger partial charge in [-0.2, -0.15) is 0 Å². The lowest BCUT2D eigenvalue weighted by molar-refractivity contribution is -0.131. The maximum Gasteiger partial charge on any atom is 0.236 e.